The van der Waals surface area contributed by atoms with E-state index in [0.717, 1.165) is 5.75 Å². The molecule has 0 spiro atoms. The van der Waals surface area contributed by atoms with Gasteiger partial charge in [0.2, 0.25) is 11.8 Å². The zero-order valence-electron chi connectivity index (χ0n) is 7.50. The van der Waals surface area contributed by atoms with E-state index in [9.17, 15) is 0 Å². The number of rotatable bonds is 4. The number of nitrogens with zero attached hydrogens (tertiary/aromatic N) is 2. The molecule has 5 heteroatoms. The highest BCUT2D eigenvalue weighted by Gasteiger charge is 2.10. The third-order valence-electron chi connectivity index (χ3n) is 1.55. The molecule has 0 bridgehead atoms. The molecule has 0 aliphatic heterocycles. The molecule has 1 heterocycles. The summed E-state index contributed by atoms with van der Waals surface area (Å²) in [6.07, 6.45) is 2.01. The standard InChI is InChI=1S/C7H13N3OS/c1-5(8-2)7-10-9-6(11-7)4-12-3/h5,8H,4H2,1-3H3. The van der Waals surface area contributed by atoms with Crippen LogP contribution in [0, 0.1) is 0 Å². The summed E-state index contributed by atoms with van der Waals surface area (Å²) < 4.78 is 5.37. The number of hydrogen-bond acceptors (Lipinski definition) is 5. The van der Waals surface area contributed by atoms with Gasteiger partial charge in [-0.2, -0.15) is 11.8 Å². The largest absolute Gasteiger partial charge is 0.423 e. The van der Waals surface area contributed by atoms with Crippen LogP contribution in [-0.2, 0) is 5.75 Å². The first kappa shape index (κ1) is 9.54. The Morgan fingerprint density at radius 3 is 2.92 bits per heavy atom. The van der Waals surface area contributed by atoms with Gasteiger partial charge in [-0.3, -0.25) is 0 Å². The van der Waals surface area contributed by atoms with E-state index in [0.29, 0.717) is 11.8 Å². The molecule has 0 amide bonds. The average Bonchev–Trinajstić information content (AvgIpc) is 2.52. The fraction of sp³-hybridized carbons (Fsp3) is 0.714. The Bertz CT molecular complexity index is 238. The lowest BCUT2D eigenvalue weighted by Gasteiger charge is -2.01. The minimum atomic E-state index is 0.133. The molecule has 0 fully saturated rings. The van der Waals surface area contributed by atoms with Crippen molar-refractivity contribution in [2.75, 3.05) is 13.3 Å². The van der Waals surface area contributed by atoms with E-state index in [1.807, 2.05) is 20.2 Å². The van der Waals surface area contributed by atoms with Crippen molar-refractivity contribution in [3.05, 3.63) is 11.8 Å². The zero-order valence-corrected chi connectivity index (χ0v) is 8.31. The smallest absolute Gasteiger partial charge is 0.233 e. The minimum absolute atomic E-state index is 0.133. The predicted octanol–water partition coefficient (Wildman–Crippen LogP) is 1.21. The lowest BCUT2D eigenvalue weighted by molar-refractivity contribution is 0.415. The minimum Gasteiger partial charge on any atom is -0.423 e. The maximum Gasteiger partial charge on any atom is 0.233 e. The monoisotopic (exact) mass is 187 g/mol. The van der Waals surface area contributed by atoms with E-state index in [1.54, 1.807) is 11.8 Å². The lowest BCUT2D eigenvalue weighted by atomic mass is 10.3. The van der Waals surface area contributed by atoms with Crippen LogP contribution in [0.4, 0.5) is 0 Å². The van der Waals surface area contributed by atoms with E-state index in [-0.39, 0.29) is 6.04 Å². The highest BCUT2D eigenvalue weighted by atomic mass is 32.2. The van der Waals surface area contributed by atoms with E-state index in [2.05, 4.69) is 15.5 Å². The molecule has 68 valence electrons. The van der Waals surface area contributed by atoms with Gasteiger partial charge in [0.1, 0.15) is 0 Å². The van der Waals surface area contributed by atoms with Crippen molar-refractivity contribution >= 4 is 11.8 Å². The summed E-state index contributed by atoms with van der Waals surface area (Å²) in [7, 11) is 1.86. The molecule has 1 unspecified atom stereocenters. The summed E-state index contributed by atoms with van der Waals surface area (Å²) >= 11 is 1.67. The van der Waals surface area contributed by atoms with Crippen LogP contribution in [0.2, 0.25) is 0 Å². The SMILES string of the molecule is CNC(C)c1nnc(CSC)o1. The van der Waals surface area contributed by atoms with Crippen molar-refractivity contribution < 1.29 is 4.42 Å². The Morgan fingerprint density at radius 2 is 2.33 bits per heavy atom. The third-order valence-corrected chi connectivity index (χ3v) is 2.09. The summed E-state index contributed by atoms with van der Waals surface area (Å²) in [6.45, 7) is 1.98. The Labute approximate surface area is 76.1 Å². The van der Waals surface area contributed by atoms with Crippen LogP contribution in [0.15, 0.2) is 4.42 Å². The van der Waals surface area contributed by atoms with Crippen LogP contribution in [0.5, 0.6) is 0 Å². The fourth-order valence-corrected chi connectivity index (χ4v) is 1.11. The van der Waals surface area contributed by atoms with E-state index >= 15 is 0 Å². The number of aromatic nitrogens is 2. The molecule has 0 aromatic carbocycles. The molecule has 4 nitrogen and oxygen atoms in total. The van der Waals surface area contributed by atoms with Gasteiger partial charge in [0.15, 0.2) is 0 Å². The topological polar surface area (TPSA) is 51.0 Å². The van der Waals surface area contributed by atoms with Crippen molar-refractivity contribution in [3.63, 3.8) is 0 Å². The highest BCUT2D eigenvalue weighted by Crippen LogP contribution is 2.12. The van der Waals surface area contributed by atoms with Crippen molar-refractivity contribution in [3.8, 4) is 0 Å². The Hall–Kier alpha value is -0.550. The molecule has 1 rings (SSSR count). The average molecular weight is 187 g/mol. The summed E-state index contributed by atoms with van der Waals surface area (Å²) in [5, 5.41) is 10.8. The quantitative estimate of drug-likeness (QED) is 0.768. The molecular weight excluding hydrogens is 174 g/mol. The van der Waals surface area contributed by atoms with Crippen molar-refractivity contribution in [1.82, 2.24) is 15.5 Å². The van der Waals surface area contributed by atoms with Crippen LogP contribution in [0.25, 0.3) is 0 Å². The summed E-state index contributed by atoms with van der Waals surface area (Å²) in [5.41, 5.74) is 0. The van der Waals surface area contributed by atoms with Gasteiger partial charge >= 0.3 is 0 Å². The third kappa shape index (κ3) is 2.22. The van der Waals surface area contributed by atoms with Gasteiger partial charge in [0.25, 0.3) is 0 Å². The predicted molar refractivity (Wildman–Crippen MR) is 49.0 cm³/mol. The fourth-order valence-electron chi connectivity index (χ4n) is 0.747. The summed E-state index contributed by atoms with van der Waals surface area (Å²) in [5.74, 6) is 2.13. The molecule has 1 atom stereocenters. The van der Waals surface area contributed by atoms with Gasteiger partial charge in [-0.25, -0.2) is 0 Å². The number of thioether (sulfide) groups is 1. The van der Waals surface area contributed by atoms with Gasteiger partial charge in [-0.1, -0.05) is 0 Å². The van der Waals surface area contributed by atoms with Crippen LogP contribution in [0.1, 0.15) is 24.7 Å². The van der Waals surface area contributed by atoms with E-state index in [1.165, 1.54) is 0 Å². The number of nitrogens with one attached hydrogen (secondary N) is 1. The van der Waals surface area contributed by atoms with Gasteiger partial charge in [0.05, 0.1) is 11.8 Å². The zero-order chi connectivity index (χ0) is 8.97. The van der Waals surface area contributed by atoms with Crippen LogP contribution in [0.3, 0.4) is 0 Å². The second kappa shape index (κ2) is 4.47. The lowest BCUT2D eigenvalue weighted by Crippen LogP contribution is -2.12. The summed E-state index contributed by atoms with van der Waals surface area (Å²) in [4.78, 5) is 0. The van der Waals surface area contributed by atoms with Crippen LogP contribution < -0.4 is 5.32 Å². The number of hydrogen-bond donors (Lipinski definition) is 1. The molecule has 1 aromatic rings. The first-order valence-electron chi connectivity index (χ1n) is 3.76. The second-order valence-electron chi connectivity index (χ2n) is 2.48. The van der Waals surface area contributed by atoms with Crippen molar-refractivity contribution in [1.29, 1.82) is 0 Å². The highest BCUT2D eigenvalue weighted by molar-refractivity contribution is 7.97. The first-order valence-corrected chi connectivity index (χ1v) is 5.15. The maximum atomic E-state index is 5.37. The molecule has 1 aromatic heterocycles. The summed E-state index contributed by atoms with van der Waals surface area (Å²) in [6, 6.07) is 0.133. The van der Waals surface area contributed by atoms with Gasteiger partial charge in [-0.05, 0) is 20.2 Å². The molecule has 0 aliphatic rings. The Morgan fingerprint density at radius 1 is 1.58 bits per heavy atom. The van der Waals surface area contributed by atoms with Gasteiger partial charge in [0, 0.05) is 0 Å². The maximum absolute atomic E-state index is 5.37. The molecule has 0 saturated carbocycles. The van der Waals surface area contributed by atoms with Crippen LogP contribution >= 0.6 is 11.8 Å². The molecule has 0 radical (unpaired) electrons. The molecule has 1 N–H and O–H groups in total. The van der Waals surface area contributed by atoms with Crippen molar-refractivity contribution in [2.24, 2.45) is 0 Å². The van der Waals surface area contributed by atoms with Crippen molar-refractivity contribution in [2.45, 2.75) is 18.7 Å². The Kier molecular flexibility index (Phi) is 3.55. The molecular formula is C7H13N3OS. The molecule has 0 saturated heterocycles. The second-order valence-corrected chi connectivity index (χ2v) is 3.34. The normalized spacial score (nSPS) is 13.2. The van der Waals surface area contributed by atoms with Gasteiger partial charge in [-0.15, -0.1) is 10.2 Å². The molecule has 12 heavy (non-hydrogen) atoms. The Balaban J connectivity index is 2.63. The first-order chi connectivity index (χ1) is 5.77. The van der Waals surface area contributed by atoms with E-state index < -0.39 is 0 Å². The molecule has 0 aliphatic carbocycles. The van der Waals surface area contributed by atoms with Crippen LogP contribution in [-0.4, -0.2) is 23.5 Å². The van der Waals surface area contributed by atoms with Gasteiger partial charge < -0.3 is 9.73 Å². The van der Waals surface area contributed by atoms with E-state index in [4.69, 9.17) is 4.42 Å².